The Labute approximate surface area is 120 Å². The summed E-state index contributed by atoms with van der Waals surface area (Å²) in [6, 6.07) is 2.64. The van der Waals surface area contributed by atoms with Crippen molar-refractivity contribution in [2.24, 2.45) is 0 Å². The number of furan rings is 1. The fourth-order valence-corrected chi connectivity index (χ4v) is 2.10. The van der Waals surface area contributed by atoms with Gasteiger partial charge in [-0.2, -0.15) is 0 Å². The Hall–Kier alpha value is -2.57. The highest BCUT2D eigenvalue weighted by atomic mass is 16.4. The van der Waals surface area contributed by atoms with Gasteiger partial charge in [-0.15, -0.1) is 0 Å². The molecule has 0 radical (unpaired) electrons. The first-order chi connectivity index (χ1) is 9.93. The molecule has 2 aromatic rings. The van der Waals surface area contributed by atoms with Gasteiger partial charge in [0.25, 0.3) is 5.56 Å². The van der Waals surface area contributed by atoms with Gasteiger partial charge in [0, 0.05) is 18.8 Å². The summed E-state index contributed by atoms with van der Waals surface area (Å²) in [4.78, 5) is 35.0. The van der Waals surface area contributed by atoms with E-state index in [1.807, 2.05) is 6.92 Å². The summed E-state index contributed by atoms with van der Waals surface area (Å²) in [7, 11) is 0. The van der Waals surface area contributed by atoms with Crippen molar-refractivity contribution in [1.29, 1.82) is 0 Å². The van der Waals surface area contributed by atoms with Crippen molar-refractivity contribution in [2.45, 2.75) is 33.4 Å². The van der Waals surface area contributed by atoms with Gasteiger partial charge in [-0.05, 0) is 19.4 Å². The summed E-state index contributed by atoms with van der Waals surface area (Å²) in [5, 5.41) is 8.97. The number of aromatic nitrogens is 2. The summed E-state index contributed by atoms with van der Waals surface area (Å²) < 4.78 is 7.77. The molecule has 2 heterocycles. The Kier molecular flexibility index (Phi) is 4.11. The van der Waals surface area contributed by atoms with Crippen LogP contribution in [0.25, 0.3) is 0 Å². The Morgan fingerprint density at radius 2 is 2.10 bits per heavy atom. The average molecular weight is 292 g/mol. The van der Waals surface area contributed by atoms with Gasteiger partial charge in [0.15, 0.2) is 0 Å². The highest BCUT2D eigenvalue weighted by Crippen LogP contribution is 2.14. The summed E-state index contributed by atoms with van der Waals surface area (Å²) in [6.07, 6.45) is 2.22. The lowest BCUT2D eigenvalue weighted by Gasteiger charge is -2.07. The average Bonchev–Trinajstić information content (AvgIpc) is 2.79. The zero-order chi connectivity index (χ0) is 15.6. The second kappa shape index (κ2) is 5.82. The second-order valence-corrected chi connectivity index (χ2v) is 4.70. The number of carbonyl (C=O) groups is 1. The number of rotatable bonds is 5. The summed E-state index contributed by atoms with van der Waals surface area (Å²) >= 11 is 0. The zero-order valence-corrected chi connectivity index (χ0v) is 11.8. The lowest BCUT2D eigenvalue weighted by atomic mass is 10.2. The summed E-state index contributed by atoms with van der Waals surface area (Å²) in [5.41, 5.74) is -0.851. The first-order valence-electron chi connectivity index (χ1n) is 6.57. The van der Waals surface area contributed by atoms with E-state index in [1.54, 1.807) is 0 Å². The highest BCUT2D eigenvalue weighted by molar-refractivity contribution is 5.88. The molecule has 0 saturated heterocycles. The third-order valence-electron chi connectivity index (χ3n) is 3.12. The molecule has 0 atom stereocenters. The third-order valence-corrected chi connectivity index (χ3v) is 3.12. The molecule has 0 aromatic carbocycles. The number of nitrogens with zero attached hydrogens (tertiary/aromatic N) is 2. The van der Waals surface area contributed by atoms with Crippen LogP contribution in [-0.2, 0) is 13.1 Å². The maximum absolute atomic E-state index is 12.2. The van der Waals surface area contributed by atoms with E-state index in [-0.39, 0.29) is 23.6 Å². The van der Waals surface area contributed by atoms with Crippen LogP contribution in [0.1, 0.15) is 35.2 Å². The maximum Gasteiger partial charge on any atom is 0.339 e. The van der Waals surface area contributed by atoms with Crippen molar-refractivity contribution in [2.75, 3.05) is 0 Å². The van der Waals surface area contributed by atoms with Crippen molar-refractivity contribution in [3.05, 3.63) is 56.3 Å². The van der Waals surface area contributed by atoms with Crippen LogP contribution in [0, 0.1) is 6.92 Å². The molecule has 0 aliphatic rings. The van der Waals surface area contributed by atoms with E-state index >= 15 is 0 Å². The van der Waals surface area contributed by atoms with E-state index in [0.29, 0.717) is 6.54 Å². The third kappa shape index (κ3) is 2.96. The van der Waals surface area contributed by atoms with E-state index in [1.165, 1.54) is 29.8 Å². The van der Waals surface area contributed by atoms with E-state index in [4.69, 9.17) is 9.52 Å². The maximum atomic E-state index is 12.2. The number of hydrogen-bond donors (Lipinski definition) is 1. The first kappa shape index (κ1) is 14.8. The van der Waals surface area contributed by atoms with Gasteiger partial charge in [-0.3, -0.25) is 9.36 Å². The summed E-state index contributed by atoms with van der Waals surface area (Å²) in [6.45, 7) is 3.88. The number of aromatic carboxylic acids is 1. The molecular weight excluding hydrogens is 276 g/mol. The molecule has 0 bridgehead atoms. The van der Waals surface area contributed by atoms with Crippen molar-refractivity contribution in [1.82, 2.24) is 9.13 Å². The predicted molar refractivity (Wildman–Crippen MR) is 74.8 cm³/mol. The summed E-state index contributed by atoms with van der Waals surface area (Å²) in [5.74, 6) is -0.597. The molecule has 0 unspecified atom stereocenters. The molecule has 2 aromatic heterocycles. The van der Waals surface area contributed by atoms with Crippen LogP contribution in [0.4, 0.5) is 0 Å². The van der Waals surface area contributed by atoms with Gasteiger partial charge in [-0.25, -0.2) is 9.59 Å². The Morgan fingerprint density at radius 1 is 1.38 bits per heavy atom. The molecule has 0 spiro atoms. The van der Waals surface area contributed by atoms with Crippen LogP contribution in [0.2, 0.25) is 0 Å². The minimum Gasteiger partial charge on any atom is -0.478 e. The Balaban J connectivity index is 2.42. The zero-order valence-electron chi connectivity index (χ0n) is 11.8. The van der Waals surface area contributed by atoms with Gasteiger partial charge in [0.2, 0.25) is 0 Å². The number of hydrogen-bond acceptors (Lipinski definition) is 4. The SMILES string of the molecule is CCCn1ccc(=O)n(Cc2cc(C(=O)O)c(C)o2)c1=O. The molecule has 7 heteroatoms. The van der Waals surface area contributed by atoms with Crippen LogP contribution >= 0.6 is 0 Å². The van der Waals surface area contributed by atoms with Crippen LogP contribution in [-0.4, -0.2) is 20.2 Å². The van der Waals surface area contributed by atoms with Crippen molar-refractivity contribution in [3.8, 4) is 0 Å². The van der Waals surface area contributed by atoms with Crippen LogP contribution in [0.15, 0.2) is 32.3 Å². The predicted octanol–water partition coefficient (Wildman–Crippen LogP) is 1.07. The largest absolute Gasteiger partial charge is 0.478 e. The molecule has 0 aliphatic heterocycles. The first-order valence-corrected chi connectivity index (χ1v) is 6.57. The molecule has 21 heavy (non-hydrogen) atoms. The molecule has 0 saturated carbocycles. The number of carboxylic acid groups (broad SMARTS) is 1. The standard InChI is InChI=1S/C14H16N2O5/c1-3-5-15-6-4-12(17)16(14(15)20)8-10-7-11(13(18)19)9(2)21-10/h4,6-7H,3,5,8H2,1-2H3,(H,18,19). The topological polar surface area (TPSA) is 94.4 Å². The van der Waals surface area contributed by atoms with Gasteiger partial charge >= 0.3 is 11.7 Å². The van der Waals surface area contributed by atoms with E-state index < -0.39 is 17.2 Å². The Bertz CT molecular complexity index is 781. The smallest absolute Gasteiger partial charge is 0.339 e. The van der Waals surface area contributed by atoms with Gasteiger partial charge in [-0.1, -0.05) is 6.92 Å². The molecule has 7 nitrogen and oxygen atoms in total. The number of aryl methyl sites for hydroxylation is 2. The molecular formula is C14H16N2O5. The van der Waals surface area contributed by atoms with Gasteiger partial charge in [0.1, 0.15) is 17.1 Å². The van der Waals surface area contributed by atoms with Crippen LogP contribution in [0.5, 0.6) is 0 Å². The molecule has 2 rings (SSSR count). The minimum atomic E-state index is -1.11. The van der Waals surface area contributed by atoms with Crippen molar-refractivity contribution in [3.63, 3.8) is 0 Å². The lowest BCUT2D eigenvalue weighted by Crippen LogP contribution is -2.39. The molecule has 0 amide bonds. The molecule has 0 fully saturated rings. The lowest BCUT2D eigenvalue weighted by molar-refractivity contribution is 0.0695. The fourth-order valence-electron chi connectivity index (χ4n) is 2.10. The van der Waals surface area contributed by atoms with Crippen molar-refractivity contribution >= 4 is 5.97 Å². The molecule has 1 N–H and O–H groups in total. The second-order valence-electron chi connectivity index (χ2n) is 4.70. The normalized spacial score (nSPS) is 10.8. The molecule has 0 aliphatic carbocycles. The van der Waals surface area contributed by atoms with Crippen LogP contribution in [0.3, 0.4) is 0 Å². The molecule has 112 valence electrons. The van der Waals surface area contributed by atoms with E-state index in [9.17, 15) is 14.4 Å². The van der Waals surface area contributed by atoms with Gasteiger partial charge < -0.3 is 14.1 Å². The Morgan fingerprint density at radius 3 is 2.67 bits per heavy atom. The quantitative estimate of drug-likeness (QED) is 0.889. The monoisotopic (exact) mass is 292 g/mol. The van der Waals surface area contributed by atoms with Crippen LogP contribution < -0.4 is 11.2 Å². The van der Waals surface area contributed by atoms with Gasteiger partial charge in [0.05, 0.1) is 6.54 Å². The number of carboxylic acids is 1. The fraction of sp³-hybridized carbons (Fsp3) is 0.357. The van der Waals surface area contributed by atoms with E-state index in [0.717, 1.165) is 11.0 Å². The van der Waals surface area contributed by atoms with E-state index in [2.05, 4.69) is 0 Å². The van der Waals surface area contributed by atoms with Crippen molar-refractivity contribution < 1.29 is 14.3 Å². The minimum absolute atomic E-state index is 0.0304. The highest BCUT2D eigenvalue weighted by Gasteiger charge is 2.15.